The Morgan fingerprint density at radius 1 is 1.38 bits per heavy atom. The highest BCUT2D eigenvalue weighted by molar-refractivity contribution is 5.38. The largest absolute Gasteiger partial charge is 0.388 e. The molecule has 1 aliphatic carbocycles. The van der Waals surface area contributed by atoms with Crippen molar-refractivity contribution in [2.45, 2.75) is 32.8 Å². The summed E-state index contributed by atoms with van der Waals surface area (Å²) < 4.78 is 0. The van der Waals surface area contributed by atoms with E-state index in [0.717, 1.165) is 18.4 Å². The molecular formula is C12H18O. The number of aliphatic hydroxyl groups excluding tert-OH is 1. The molecule has 0 aromatic heterocycles. The topological polar surface area (TPSA) is 20.2 Å². The molecule has 1 N–H and O–H groups in total. The van der Waals surface area contributed by atoms with Crippen molar-refractivity contribution in [1.29, 1.82) is 0 Å². The van der Waals surface area contributed by atoms with E-state index in [1.807, 2.05) is 25.2 Å². The van der Waals surface area contributed by atoms with Crippen LogP contribution in [0.1, 0.15) is 26.7 Å². The predicted molar refractivity (Wildman–Crippen MR) is 56.4 cm³/mol. The summed E-state index contributed by atoms with van der Waals surface area (Å²) in [7, 11) is 0. The minimum atomic E-state index is -0.291. The first-order chi connectivity index (χ1) is 6.20. The fraction of sp³-hybridized carbons (Fsp3) is 0.500. The van der Waals surface area contributed by atoms with Crippen molar-refractivity contribution < 1.29 is 5.11 Å². The average molecular weight is 178 g/mol. The third-order valence-electron chi connectivity index (χ3n) is 2.66. The van der Waals surface area contributed by atoms with Gasteiger partial charge in [-0.3, -0.25) is 0 Å². The Bertz CT molecular complexity index is 248. The Balaban J connectivity index is 3.06. The second-order valence-electron chi connectivity index (χ2n) is 3.61. The second-order valence-corrected chi connectivity index (χ2v) is 3.61. The molecule has 2 atom stereocenters. The molecule has 13 heavy (non-hydrogen) atoms. The molecule has 0 spiro atoms. The maximum absolute atomic E-state index is 9.76. The van der Waals surface area contributed by atoms with Crippen molar-refractivity contribution in [3.63, 3.8) is 0 Å². The van der Waals surface area contributed by atoms with Gasteiger partial charge in [0, 0.05) is 0 Å². The summed E-state index contributed by atoms with van der Waals surface area (Å²) in [5, 5.41) is 9.76. The van der Waals surface area contributed by atoms with E-state index in [2.05, 4.69) is 13.5 Å². The standard InChI is InChI=1S/C12H18O/c1-4-6-11-10(5-2)9(3)7-8-12(11)13/h4-6,9,12-13H,2,7-8H2,1,3H3/b6-4-. The smallest absolute Gasteiger partial charge is 0.0792 e. The zero-order valence-corrected chi connectivity index (χ0v) is 8.46. The van der Waals surface area contributed by atoms with Crippen LogP contribution in [-0.2, 0) is 0 Å². The van der Waals surface area contributed by atoms with Crippen molar-refractivity contribution in [1.82, 2.24) is 0 Å². The van der Waals surface area contributed by atoms with Gasteiger partial charge in [-0.2, -0.15) is 0 Å². The van der Waals surface area contributed by atoms with Gasteiger partial charge in [0.25, 0.3) is 0 Å². The molecule has 0 radical (unpaired) electrons. The highest BCUT2D eigenvalue weighted by atomic mass is 16.3. The van der Waals surface area contributed by atoms with Gasteiger partial charge in [0.05, 0.1) is 6.10 Å². The molecule has 1 rings (SSSR count). The summed E-state index contributed by atoms with van der Waals surface area (Å²) in [6.45, 7) is 7.96. The van der Waals surface area contributed by atoms with Gasteiger partial charge in [-0.25, -0.2) is 0 Å². The predicted octanol–water partition coefficient (Wildman–Crippen LogP) is 2.84. The molecule has 0 bridgehead atoms. The molecule has 0 saturated heterocycles. The van der Waals surface area contributed by atoms with Crippen LogP contribution in [0.25, 0.3) is 0 Å². The summed E-state index contributed by atoms with van der Waals surface area (Å²) in [6, 6.07) is 0. The third-order valence-corrected chi connectivity index (χ3v) is 2.66. The summed E-state index contributed by atoms with van der Waals surface area (Å²) in [4.78, 5) is 0. The van der Waals surface area contributed by atoms with Gasteiger partial charge in [0.1, 0.15) is 0 Å². The lowest BCUT2D eigenvalue weighted by molar-refractivity contribution is 0.185. The van der Waals surface area contributed by atoms with Crippen LogP contribution in [0.5, 0.6) is 0 Å². The van der Waals surface area contributed by atoms with E-state index in [9.17, 15) is 5.11 Å². The Kier molecular flexibility index (Phi) is 3.49. The zero-order chi connectivity index (χ0) is 9.84. The van der Waals surface area contributed by atoms with E-state index >= 15 is 0 Å². The van der Waals surface area contributed by atoms with Crippen LogP contribution in [0.4, 0.5) is 0 Å². The zero-order valence-electron chi connectivity index (χ0n) is 8.46. The van der Waals surface area contributed by atoms with Gasteiger partial charge >= 0.3 is 0 Å². The van der Waals surface area contributed by atoms with E-state index in [1.54, 1.807) is 0 Å². The molecule has 1 aliphatic rings. The number of hydrogen-bond acceptors (Lipinski definition) is 1. The monoisotopic (exact) mass is 178 g/mol. The molecule has 72 valence electrons. The van der Waals surface area contributed by atoms with Crippen LogP contribution in [0.15, 0.2) is 36.0 Å². The first kappa shape index (κ1) is 10.3. The molecule has 0 amide bonds. The van der Waals surface area contributed by atoms with Gasteiger partial charge in [-0.05, 0) is 36.8 Å². The maximum Gasteiger partial charge on any atom is 0.0792 e. The molecule has 0 heterocycles. The van der Waals surface area contributed by atoms with Crippen LogP contribution in [0.2, 0.25) is 0 Å². The van der Waals surface area contributed by atoms with Gasteiger partial charge in [-0.15, -0.1) is 0 Å². The fourth-order valence-corrected chi connectivity index (χ4v) is 1.90. The molecule has 0 fully saturated rings. The number of aliphatic hydroxyl groups is 1. The maximum atomic E-state index is 9.76. The second kappa shape index (κ2) is 4.43. The van der Waals surface area contributed by atoms with Gasteiger partial charge in [0.2, 0.25) is 0 Å². The molecule has 0 saturated carbocycles. The first-order valence-corrected chi connectivity index (χ1v) is 4.88. The SMILES string of the molecule is C=CC1=C(/C=C\C)C(O)CCC1C. The highest BCUT2D eigenvalue weighted by Crippen LogP contribution is 2.31. The Labute approximate surface area is 80.5 Å². The summed E-state index contributed by atoms with van der Waals surface area (Å²) in [5.74, 6) is 0.534. The lowest BCUT2D eigenvalue weighted by atomic mass is 9.82. The summed E-state index contributed by atoms with van der Waals surface area (Å²) in [6.07, 6.45) is 7.49. The summed E-state index contributed by atoms with van der Waals surface area (Å²) in [5.41, 5.74) is 2.26. The van der Waals surface area contributed by atoms with Crippen molar-refractivity contribution in [2.75, 3.05) is 0 Å². The normalized spacial score (nSPS) is 29.8. The number of allylic oxidation sites excluding steroid dienone is 3. The number of rotatable bonds is 2. The molecule has 0 aliphatic heterocycles. The van der Waals surface area contributed by atoms with E-state index in [-0.39, 0.29) is 6.10 Å². The van der Waals surface area contributed by atoms with Gasteiger partial charge < -0.3 is 5.11 Å². The lowest BCUT2D eigenvalue weighted by Crippen LogP contribution is -2.20. The van der Waals surface area contributed by atoms with Crippen molar-refractivity contribution in [2.24, 2.45) is 5.92 Å². The highest BCUT2D eigenvalue weighted by Gasteiger charge is 2.22. The molecule has 2 unspecified atom stereocenters. The molecular weight excluding hydrogens is 160 g/mol. The minimum Gasteiger partial charge on any atom is -0.388 e. The first-order valence-electron chi connectivity index (χ1n) is 4.88. The molecule has 1 heteroatoms. The Morgan fingerprint density at radius 3 is 2.62 bits per heavy atom. The summed E-state index contributed by atoms with van der Waals surface area (Å²) >= 11 is 0. The van der Waals surface area contributed by atoms with Crippen LogP contribution < -0.4 is 0 Å². The number of hydrogen-bond donors (Lipinski definition) is 1. The minimum absolute atomic E-state index is 0.291. The van der Waals surface area contributed by atoms with Crippen molar-refractivity contribution in [3.8, 4) is 0 Å². The van der Waals surface area contributed by atoms with E-state index in [0.29, 0.717) is 5.92 Å². The van der Waals surface area contributed by atoms with E-state index < -0.39 is 0 Å². The van der Waals surface area contributed by atoms with Crippen LogP contribution in [0.3, 0.4) is 0 Å². The molecule has 1 nitrogen and oxygen atoms in total. The van der Waals surface area contributed by atoms with Gasteiger partial charge in [-0.1, -0.05) is 31.7 Å². The van der Waals surface area contributed by atoms with Gasteiger partial charge in [0.15, 0.2) is 0 Å². The molecule has 0 aromatic rings. The van der Waals surface area contributed by atoms with Crippen LogP contribution in [0, 0.1) is 5.92 Å². The lowest BCUT2D eigenvalue weighted by Gasteiger charge is -2.26. The fourth-order valence-electron chi connectivity index (χ4n) is 1.90. The average Bonchev–Trinajstić information content (AvgIpc) is 2.12. The van der Waals surface area contributed by atoms with Crippen LogP contribution in [-0.4, -0.2) is 11.2 Å². The Morgan fingerprint density at radius 2 is 2.08 bits per heavy atom. The van der Waals surface area contributed by atoms with E-state index in [1.165, 1.54) is 5.57 Å². The molecule has 0 aromatic carbocycles. The van der Waals surface area contributed by atoms with Crippen molar-refractivity contribution in [3.05, 3.63) is 36.0 Å². The third kappa shape index (κ3) is 2.10. The van der Waals surface area contributed by atoms with Crippen molar-refractivity contribution >= 4 is 0 Å². The Hall–Kier alpha value is -0.820. The van der Waals surface area contributed by atoms with Crippen LogP contribution >= 0.6 is 0 Å². The quantitative estimate of drug-likeness (QED) is 0.689. The van der Waals surface area contributed by atoms with E-state index in [4.69, 9.17) is 0 Å².